The van der Waals surface area contributed by atoms with Gasteiger partial charge in [-0.2, -0.15) is 0 Å². The fourth-order valence-corrected chi connectivity index (χ4v) is 3.47. The molecule has 0 bridgehead atoms. The molecule has 1 aliphatic rings. The SMILES string of the molecule is O=[N+]([O-])c1ccc(CNS(=O)(=O)CC2CCCN2)cc1. The zero-order valence-corrected chi connectivity index (χ0v) is 11.7. The first-order valence-corrected chi connectivity index (χ1v) is 8.05. The Balaban J connectivity index is 1.88. The first-order chi connectivity index (χ1) is 9.46. The highest BCUT2D eigenvalue weighted by Gasteiger charge is 2.21. The van der Waals surface area contributed by atoms with Crippen molar-refractivity contribution in [3.63, 3.8) is 0 Å². The van der Waals surface area contributed by atoms with Gasteiger partial charge in [0.1, 0.15) is 0 Å². The average Bonchev–Trinajstić information content (AvgIpc) is 2.89. The van der Waals surface area contributed by atoms with Gasteiger partial charge >= 0.3 is 0 Å². The molecule has 0 radical (unpaired) electrons. The molecule has 0 amide bonds. The van der Waals surface area contributed by atoms with E-state index in [1.807, 2.05) is 0 Å². The van der Waals surface area contributed by atoms with E-state index >= 15 is 0 Å². The third-order valence-electron chi connectivity index (χ3n) is 3.23. The van der Waals surface area contributed by atoms with Crippen LogP contribution >= 0.6 is 0 Å². The standard InChI is InChI=1S/C12H17N3O4S/c16-15(17)12-5-3-10(4-6-12)8-14-20(18,19)9-11-2-1-7-13-11/h3-6,11,13-14H,1-2,7-9H2. The van der Waals surface area contributed by atoms with E-state index in [0.29, 0.717) is 5.56 Å². The van der Waals surface area contributed by atoms with Crippen molar-refractivity contribution in [2.45, 2.75) is 25.4 Å². The molecule has 1 saturated heterocycles. The highest BCUT2D eigenvalue weighted by Crippen LogP contribution is 2.12. The maximum Gasteiger partial charge on any atom is 0.269 e. The first kappa shape index (κ1) is 14.9. The van der Waals surface area contributed by atoms with Crippen molar-refractivity contribution < 1.29 is 13.3 Å². The zero-order valence-electron chi connectivity index (χ0n) is 10.9. The van der Waals surface area contributed by atoms with Crippen molar-refractivity contribution in [2.24, 2.45) is 0 Å². The molecule has 0 saturated carbocycles. The fraction of sp³-hybridized carbons (Fsp3) is 0.500. The van der Waals surface area contributed by atoms with Gasteiger partial charge in [0.15, 0.2) is 0 Å². The molecule has 0 spiro atoms. The van der Waals surface area contributed by atoms with Crippen molar-refractivity contribution in [1.82, 2.24) is 10.0 Å². The van der Waals surface area contributed by atoms with Gasteiger partial charge in [-0.15, -0.1) is 0 Å². The Morgan fingerprint density at radius 1 is 1.35 bits per heavy atom. The molecule has 1 aromatic rings. The molecule has 1 fully saturated rings. The van der Waals surface area contributed by atoms with Crippen LogP contribution in [-0.4, -0.2) is 31.7 Å². The lowest BCUT2D eigenvalue weighted by molar-refractivity contribution is -0.384. The van der Waals surface area contributed by atoms with Crippen LogP contribution in [0.2, 0.25) is 0 Å². The molecule has 0 aliphatic carbocycles. The molecule has 110 valence electrons. The van der Waals surface area contributed by atoms with Gasteiger partial charge in [0.2, 0.25) is 10.0 Å². The number of nitro benzene ring substituents is 1. The first-order valence-electron chi connectivity index (χ1n) is 6.40. The van der Waals surface area contributed by atoms with Crippen LogP contribution in [0.4, 0.5) is 5.69 Å². The maximum absolute atomic E-state index is 11.9. The molecular weight excluding hydrogens is 282 g/mol. The van der Waals surface area contributed by atoms with Gasteiger partial charge in [-0.1, -0.05) is 12.1 Å². The van der Waals surface area contributed by atoms with Gasteiger partial charge in [-0.25, -0.2) is 13.1 Å². The minimum atomic E-state index is -3.34. The monoisotopic (exact) mass is 299 g/mol. The van der Waals surface area contributed by atoms with Gasteiger partial charge in [0.05, 0.1) is 10.7 Å². The molecule has 1 aromatic carbocycles. The van der Waals surface area contributed by atoms with Crippen LogP contribution in [0.3, 0.4) is 0 Å². The molecular formula is C12H17N3O4S. The number of hydrogen-bond acceptors (Lipinski definition) is 5. The lowest BCUT2D eigenvalue weighted by Gasteiger charge is -2.11. The summed E-state index contributed by atoms with van der Waals surface area (Å²) in [6.45, 7) is 1.01. The van der Waals surface area contributed by atoms with Crippen molar-refractivity contribution in [2.75, 3.05) is 12.3 Å². The highest BCUT2D eigenvalue weighted by atomic mass is 32.2. The summed E-state index contributed by atoms with van der Waals surface area (Å²) < 4.78 is 26.3. The normalized spacial score (nSPS) is 19.1. The Kier molecular flexibility index (Phi) is 4.69. The largest absolute Gasteiger partial charge is 0.313 e. The molecule has 0 aromatic heterocycles. The summed E-state index contributed by atoms with van der Waals surface area (Å²) in [6.07, 6.45) is 1.88. The summed E-state index contributed by atoms with van der Waals surface area (Å²) in [4.78, 5) is 10.0. The zero-order chi connectivity index (χ0) is 14.6. The van der Waals surface area contributed by atoms with Gasteiger partial charge < -0.3 is 5.32 Å². The van der Waals surface area contributed by atoms with E-state index in [1.54, 1.807) is 12.1 Å². The number of non-ortho nitro benzene ring substituents is 1. The quantitative estimate of drug-likeness (QED) is 0.596. The van der Waals surface area contributed by atoms with Crippen LogP contribution in [0.25, 0.3) is 0 Å². The van der Waals surface area contributed by atoms with E-state index in [9.17, 15) is 18.5 Å². The third kappa shape index (κ3) is 4.26. The van der Waals surface area contributed by atoms with Crippen molar-refractivity contribution in [3.05, 3.63) is 39.9 Å². The second-order valence-corrected chi connectivity index (χ2v) is 6.67. The molecule has 2 rings (SSSR count). The second-order valence-electron chi connectivity index (χ2n) is 4.82. The van der Waals surface area contributed by atoms with E-state index in [0.717, 1.165) is 19.4 Å². The van der Waals surface area contributed by atoms with Crippen LogP contribution in [0.1, 0.15) is 18.4 Å². The molecule has 7 nitrogen and oxygen atoms in total. The van der Waals surface area contributed by atoms with Gasteiger partial charge in [0, 0.05) is 24.7 Å². The maximum atomic E-state index is 11.9. The summed E-state index contributed by atoms with van der Waals surface area (Å²) in [5, 5.41) is 13.6. The van der Waals surface area contributed by atoms with Crippen LogP contribution in [0.15, 0.2) is 24.3 Å². The predicted molar refractivity (Wildman–Crippen MR) is 74.7 cm³/mol. The Morgan fingerprint density at radius 2 is 2.05 bits per heavy atom. The van der Waals surface area contributed by atoms with E-state index < -0.39 is 14.9 Å². The average molecular weight is 299 g/mol. The van der Waals surface area contributed by atoms with Gasteiger partial charge in [-0.05, 0) is 24.9 Å². The number of benzene rings is 1. The number of nitrogens with zero attached hydrogens (tertiary/aromatic N) is 1. The summed E-state index contributed by atoms with van der Waals surface area (Å²) in [5.74, 6) is 0.0694. The molecule has 8 heteroatoms. The lowest BCUT2D eigenvalue weighted by Crippen LogP contribution is -2.36. The number of sulfonamides is 1. The van der Waals surface area contributed by atoms with E-state index in [-0.39, 0.29) is 24.0 Å². The number of hydrogen-bond donors (Lipinski definition) is 2. The summed E-state index contributed by atoms with van der Waals surface area (Å²) in [5.41, 5.74) is 0.685. The predicted octanol–water partition coefficient (Wildman–Crippen LogP) is 0.766. The van der Waals surface area contributed by atoms with E-state index in [1.165, 1.54) is 12.1 Å². The minimum Gasteiger partial charge on any atom is -0.313 e. The second kappa shape index (κ2) is 6.29. The van der Waals surface area contributed by atoms with Crippen LogP contribution in [0.5, 0.6) is 0 Å². The Hall–Kier alpha value is -1.51. The minimum absolute atomic E-state index is 0.00763. The molecule has 1 aliphatic heterocycles. The van der Waals surface area contributed by atoms with Gasteiger partial charge in [-0.3, -0.25) is 10.1 Å². The van der Waals surface area contributed by atoms with Crippen LogP contribution < -0.4 is 10.0 Å². The third-order valence-corrected chi connectivity index (χ3v) is 4.65. The molecule has 1 atom stereocenters. The van der Waals surface area contributed by atoms with Gasteiger partial charge in [0.25, 0.3) is 5.69 Å². The highest BCUT2D eigenvalue weighted by molar-refractivity contribution is 7.89. The molecule has 1 heterocycles. The topological polar surface area (TPSA) is 101 Å². The van der Waals surface area contributed by atoms with Crippen molar-refractivity contribution in [3.8, 4) is 0 Å². The Labute approximate surface area is 117 Å². The number of nitro groups is 1. The van der Waals surface area contributed by atoms with Crippen molar-refractivity contribution >= 4 is 15.7 Å². The van der Waals surface area contributed by atoms with E-state index in [2.05, 4.69) is 10.0 Å². The molecule has 2 N–H and O–H groups in total. The number of rotatable bonds is 6. The van der Waals surface area contributed by atoms with Crippen molar-refractivity contribution in [1.29, 1.82) is 0 Å². The number of nitrogens with one attached hydrogen (secondary N) is 2. The molecule has 20 heavy (non-hydrogen) atoms. The van der Waals surface area contributed by atoms with Crippen LogP contribution in [-0.2, 0) is 16.6 Å². The Bertz CT molecular complexity index is 565. The Morgan fingerprint density at radius 3 is 2.60 bits per heavy atom. The summed E-state index contributed by atoms with van der Waals surface area (Å²) >= 11 is 0. The smallest absolute Gasteiger partial charge is 0.269 e. The summed E-state index contributed by atoms with van der Waals surface area (Å²) in [6, 6.07) is 5.84. The summed E-state index contributed by atoms with van der Waals surface area (Å²) in [7, 11) is -3.34. The van der Waals surface area contributed by atoms with Crippen LogP contribution in [0, 0.1) is 10.1 Å². The van der Waals surface area contributed by atoms with E-state index in [4.69, 9.17) is 0 Å². The lowest BCUT2D eigenvalue weighted by atomic mass is 10.2. The molecule has 1 unspecified atom stereocenters. The fourth-order valence-electron chi connectivity index (χ4n) is 2.15.